The molecule has 2 aromatic rings. The molecule has 1 aliphatic heterocycles. The maximum absolute atomic E-state index is 12.4. The van der Waals surface area contributed by atoms with Crippen LogP contribution in [0.2, 0.25) is 0 Å². The zero-order valence-corrected chi connectivity index (χ0v) is 20.1. The first-order valence-corrected chi connectivity index (χ1v) is 12.3. The minimum atomic E-state index is -0.362. The van der Waals surface area contributed by atoms with Gasteiger partial charge in [-0.3, -0.25) is 0 Å². The fraction of sp³-hybridized carbons (Fsp3) is 0.500. The van der Waals surface area contributed by atoms with E-state index in [-0.39, 0.29) is 11.4 Å². The summed E-state index contributed by atoms with van der Waals surface area (Å²) in [5, 5.41) is 0. The number of benzene rings is 2. The van der Waals surface area contributed by atoms with Crippen molar-refractivity contribution in [2.24, 2.45) is 5.41 Å². The Hall–Kier alpha value is -2.14. The monoisotopic (exact) mass is 441 g/mol. The van der Waals surface area contributed by atoms with Crippen molar-refractivity contribution in [1.82, 2.24) is 0 Å². The molecule has 0 N–H and O–H groups in total. The third-order valence-electron chi connectivity index (χ3n) is 6.19. The molecule has 1 heterocycles. The fourth-order valence-corrected chi connectivity index (χ4v) is 5.74. The van der Waals surface area contributed by atoms with Gasteiger partial charge in [-0.05, 0) is 36.5 Å². The van der Waals surface area contributed by atoms with Crippen LogP contribution in [0, 0.1) is 5.41 Å². The topological polar surface area (TPSA) is 38.8 Å². The number of esters is 1. The quantitative estimate of drug-likeness (QED) is 0.388. The smallest absolute Gasteiger partial charge is 0.341 e. The Morgan fingerprint density at radius 3 is 2.32 bits per heavy atom. The van der Waals surface area contributed by atoms with Crippen LogP contribution < -0.4 is 9.64 Å². The minimum Gasteiger partial charge on any atom is -0.496 e. The number of carbonyl (C=O) groups excluding carboxylic acids is 1. The van der Waals surface area contributed by atoms with Gasteiger partial charge in [0.05, 0.1) is 19.9 Å². The molecule has 0 spiro atoms. The lowest BCUT2D eigenvalue weighted by molar-refractivity contribution is 0.0597. The normalized spacial score (nSPS) is 15.2. The van der Waals surface area contributed by atoms with Crippen molar-refractivity contribution in [3.05, 3.63) is 48.0 Å². The van der Waals surface area contributed by atoms with Crippen LogP contribution in [0.15, 0.2) is 47.4 Å². The Kier molecular flexibility index (Phi) is 8.30. The molecule has 0 aromatic heterocycles. The molecule has 0 bridgehead atoms. The van der Waals surface area contributed by atoms with Crippen molar-refractivity contribution in [3.63, 3.8) is 0 Å². The first-order valence-electron chi connectivity index (χ1n) is 11.3. The predicted octanol–water partition coefficient (Wildman–Crippen LogP) is 7.09. The van der Waals surface area contributed by atoms with Crippen LogP contribution in [0.25, 0.3) is 0 Å². The molecule has 0 atom stereocenters. The zero-order valence-electron chi connectivity index (χ0n) is 19.3. The molecule has 0 radical (unpaired) electrons. The van der Waals surface area contributed by atoms with Crippen LogP contribution >= 0.6 is 11.8 Å². The van der Waals surface area contributed by atoms with Crippen LogP contribution in [0.5, 0.6) is 5.75 Å². The van der Waals surface area contributed by atoms with Crippen LogP contribution in [0.1, 0.15) is 62.7 Å². The van der Waals surface area contributed by atoms with Gasteiger partial charge in [0.2, 0.25) is 0 Å². The number of hydrogen-bond donors (Lipinski definition) is 0. The van der Waals surface area contributed by atoms with Gasteiger partial charge in [-0.15, -0.1) is 11.8 Å². The molecule has 5 heteroatoms. The van der Waals surface area contributed by atoms with Crippen LogP contribution in [0.3, 0.4) is 0 Å². The summed E-state index contributed by atoms with van der Waals surface area (Å²) in [7, 11) is 3.02. The molecule has 168 valence electrons. The maximum Gasteiger partial charge on any atom is 0.341 e. The molecule has 0 saturated heterocycles. The molecule has 4 nitrogen and oxygen atoms in total. The van der Waals surface area contributed by atoms with Gasteiger partial charge >= 0.3 is 5.97 Å². The average molecular weight is 442 g/mol. The van der Waals surface area contributed by atoms with Crippen molar-refractivity contribution in [3.8, 4) is 5.75 Å². The van der Waals surface area contributed by atoms with Gasteiger partial charge < -0.3 is 14.4 Å². The summed E-state index contributed by atoms with van der Waals surface area (Å²) < 4.78 is 10.6. The number of nitrogens with zero attached hydrogens (tertiary/aromatic N) is 1. The molecule has 0 aliphatic carbocycles. The largest absolute Gasteiger partial charge is 0.496 e. The van der Waals surface area contributed by atoms with Crippen LogP contribution in [-0.4, -0.2) is 32.5 Å². The van der Waals surface area contributed by atoms with Crippen molar-refractivity contribution < 1.29 is 14.3 Å². The van der Waals surface area contributed by atoms with Gasteiger partial charge in [-0.1, -0.05) is 57.7 Å². The lowest BCUT2D eigenvalue weighted by Gasteiger charge is -2.37. The van der Waals surface area contributed by atoms with Crippen LogP contribution in [0.4, 0.5) is 11.4 Å². The van der Waals surface area contributed by atoms with E-state index < -0.39 is 0 Å². The number of ether oxygens (including phenoxy) is 2. The van der Waals surface area contributed by atoms with E-state index >= 15 is 0 Å². The number of methoxy groups -OCH3 is 2. The summed E-state index contributed by atoms with van der Waals surface area (Å²) in [6, 6.07) is 14.5. The average Bonchev–Trinajstić information content (AvgIpc) is 2.98. The highest BCUT2D eigenvalue weighted by Crippen LogP contribution is 2.49. The molecular formula is C26H35NO3S. The van der Waals surface area contributed by atoms with Crippen molar-refractivity contribution in [2.45, 2.75) is 57.3 Å². The van der Waals surface area contributed by atoms with E-state index in [0.717, 1.165) is 22.9 Å². The molecule has 2 aromatic carbocycles. The second-order valence-electron chi connectivity index (χ2n) is 8.43. The summed E-state index contributed by atoms with van der Waals surface area (Å²) in [5.41, 5.74) is 3.00. The van der Waals surface area contributed by atoms with Gasteiger partial charge in [0.1, 0.15) is 11.3 Å². The summed E-state index contributed by atoms with van der Waals surface area (Å²) in [5.74, 6) is 1.25. The number of para-hydroxylation sites is 1. The highest BCUT2D eigenvalue weighted by molar-refractivity contribution is 7.99. The molecule has 0 fully saturated rings. The number of unbranched alkanes of at least 4 members (excludes halogenated alkanes) is 2. The van der Waals surface area contributed by atoms with Crippen molar-refractivity contribution in [2.75, 3.05) is 31.4 Å². The first-order chi connectivity index (χ1) is 15.1. The maximum atomic E-state index is 12.4. The molecule has 0 unspecified atom stereocenters. The second-order valence-corrected chi connectivity index (χ2v) is 9.45. The van der Waals surface area contributed by atoms with E-state index in [9.17, 15) is 4.79 Å². The lowest BCUT2D eigenvalue weighted by Crippen LogP contribution is -2.36. The SMILES string of the molecule is CCCCC1(CCCC)CSc2cc(C(=O)OC)c(OC)cc2N(c2ccccc2)C1. The van der Waals surface area contributed by atoms with Crippen LogP contribution in [-0.2, 0) is 4.74 Å². The second kappa shape index (κ2) is 10.9. The van der Waals surface area contributed by atoms with E-state index in [4.69, 9.17) is 9.47 Å². The molecular weight excluding hydrogens is 406 g/mol. The Morgan fingerprint density at radius 1 is 1.06 bits per heavy atom. The Balaban J connectivity index is 2.13. The van der Waals surface area contributed by atoms with Crippen molar-refractivity contribution >= 4 is 29.1 Å². The van der Waals surface area contributed by atoms with E-state index in [1.165, 1.54) is 51.3 Å². The summed E-state index contributed by atoms with van der Waals surface area (Å²) >= 11 is 1.87. The Morgan fingerprint density at radius 2 is 1.74 bits per heavy atom. The fourth-order valence-electron chi connectivity index (χ4n) is 4.38. The van der Waals surface area contributed by atoms with Crippen molar-refractivity contribution in [1.29, 1.82) is 0 Å². The van der Waals surface area contributed by atoms with E-state index in [0.29, 0.717) is 11.3 Å². The summed E-state index contributed by atoms with van der Waals surface area (Å²) in [6.45, 7) is 5.51. The van der Waals surface area contributed by atoms with E-state index in [2.05, 4.69) is 49.1 Å². The number of thioether (sulfide) groups is 1. The third kappa shape index (κ3) is 5.38. The Labute approximate surface area is 191 Å². The standard InChI is InChI=1S/C26H35NO3S/c1-5-7-14-26(15-8-6-2)18-27(20-12-10-9-11-13-20)22-17-23(29-3)21(25(28)30-4)16-24(22)31-19-26/h9-13,16-17H,5-8,14-15,18-19H2,1-4H3. The van der Waals surface area contributed by atoms with Gasteiger partial charge in [-0.2, -0.15) is 0 Å². The zero-order chi connectivity index (χ0) is 22.3. The molecule has 3 rings (SSSR count). The van der Waals surface area contributed by atoms with E-state index in [1.807, 2.05) is 23.9 Å². The summed E-state index contributed by atoms with van der Waals surface area (Å²) in [6.07, 6.45) is 7.32. The number of rotatable bonds is 9. The van der Waals surface area contributed by atoms with Gasteiger partial charge in [0, 0.05) is 28.9 Å². The number of fused-ring (bicyclic) bond motifs is 1. The molecule has 31 heavy (non-hydrogen) atoms. The number of anilines is 2. The third-order valence-corrected chi connectivity index (χ3v) is 7.59. The first kappa shape index (κ1) is 23.5. The number of hydrogen-bond acceptors (Lipinski definition) is 5. The summed E-state index contributed by atoms with van der Waals surface area (Å²) in [4.78, 5) is 15.9. The number of carbonyl (C=O) groups is 1. The van der Waals surface area contributed by atoms with E-state index in [1.54, 1.807) is 7.11 Å². The minimum absolute atomic E-state index is 0.226. The molecule has 0 amide bonds. The highest BCUT2D eigenvalue weighted by Gasteiger charge is 2.36. The van der Waals surface area contributed by atoms with Gasteiger partial charge in [0.15, 0.2) is 0 Å². The molecule has 1 aliphatic rings. The van der Waals surface area contributed by atoms with Gasteiger partial charge in [0.25, 0.3) is 0 Å². The highest BCUT2D eigenvalue weighted by atomic mass is 32.2. The predicted molar refractivity (Wildman–Crippen MR) is 130 cm³/mol. The Bertz CT molecular complexity index is 860. The van der Waals surface area contributed by atoms with Gasteiger partial charge in [-0.25, -0.2) is 4.79 Å². The lowest BCUT2D eigenvalue weighted by atomic mass is 9.79. The molecule has 0 saturated carbocycles.